The second-order valence-corrected chi connectivity index (χ2v) is 5.82. The Hall–Kier alpha value is -1.39. The molecule has 3 N–H and O–H groups in total. The lowest BCUT2D eigenvalue weighted by Crippen LogP contribution is -2.49. The average molecular weight is 290 g/mol. The summed E-state index contributed by atoms with van der Waals surface area (Å²) in [6.45, 7) is 0.413. The van der Waals surface area contributed by atoms with Gasteiger partial charge in [0.05, 0.1) is 12.6 Å². The van der Waals surface area contributed by atoms with Crippen LogP contribution in [0.25, 0.3) is 0 Å². The second-order valence-electron chi connectivity index (χ2n) is 5.82. The van der Waals surface area contributed by atoms with Crippen LogP contribution in [0.5, 0.6) is 0 Å². The molecule has 0 unspecified atom stereocenters. The molecule has 1 amide bonds. The minimum absolute atomic E-state index is 0.00752. The first-order chi connectivity index (χ1) is 10.2. The number of carbonyl (C=O) groups is 1. The summed E-state index contributed by atoms with van der Waals surface area (Å²) in [6.07, 6.45) is 5.87. The average Bonchev–Trinajstić information content (AvgIpc) is 3.04. The number of nitrogens with two attached hydrogens (primary N) is 1. The summed E-state index contributed by atoms with van der Waals surface area (Å²) in [4.78, 5) is 14.3. The smallest absolute Gasteiger partial charge is 0.239 e. The summed E-state index contributed by atoms with van der Waals surface area (Å²) in [6, 6.07) is 9.89. The van der Waals surface area contributed by atoms with Crippen molar-refractivity contribution in [1.29, 1.82) is 0 Å². The number of aryl methyl sites for hydroxylation is 1. The molecule has 0 heterocycles. The topological polar surface area (TPSA) is 66.6 Å². The molecule has 1 aliphatic rings. The highest BCUT2D eigenvalue weighted by Crippen LogP contribution is 2.24. The predicted molar refractivity (Wildman–Crippen MR) is 83.8 cm³/mol. The molecule has 0 radical (unpaired) electrons. The lowest BCUT2D eigenvalue weighted by Gasteiger charge is -2.30. The van der Waals surface area contributed by atoms with Gasteiger partial charge in [-0.2, -0.15) is 0 Å². The van der Waals surface area contributed by atoms with Crippen molar-refractivity contribution in [2.24, 2.45) is 5.73 Å². The highest BCUT2D eigenvalue weighted by atomic mass is 16.3. The van der Waals surface area contributed by atoms with Crippen molar-refractivity contribution in [3.63, 3.8) is 0 Å². The van der Waals surface area contributed by atoms with Crippen LogP contribution in [0.4, 0.5) is 0 Å². The standard InChI is InChI=1S/C17H26N2O2/c18-16(11-10-14-6-2-1-3-7-14)17(21)19(12-13-20)15-8-4-5-9-15/h1-3,6-7,15-16,20H,4-5,8-13,18H2/t16-/m0/s1. The van der Waals surface area contributed by atoms with Crippen molar-refractivity contribution in [2.75, 3.05) is 13.2 Å². The minimum atomic E-state index is -0.475. The Morgan fingerprint density at radius 3 is 2.57 bits per heavy atom. The van der Waals surface area contributed by atoms with E-state index in [-0.39, 0.29) is 18.6 Å². The van der Waals surface area contributed by atoms with Gasteiger partial charge in [0.15, 0.2) is 0 Å². The Kier molecular flexibility index (Phi) is 6.21. The van der Waals surface area contributed by atoms with Gasteiger partial charge in [0, 0.05) is 12.6 Å². The number of hydrogen-bond donors (Lipinski definition) is 2. The lowest BCUT2D eigenvalue weighted by molar-refractivity contribution is -0.135. The molecule has 1 fully saturated rings. The molecule has 4 nitrogen and oxygen atoms in total. The summed E-state index contributed by atoms with van der Waals surface area (Å²) in [5.74, 6) is -0.00752. The predicted octanol–water partition coefficient (Wildman–Crippen LogP) is 1.71. The Morgan fingerprint density at radius 1 is 1.29 bits per heavy atom. The first-order valence-electron chi connectivity index (χ1n) is 7.93. The maximum Gasteiger partial charge on any atom is 0.239 e. The quantitative estimate of drug-likeness (QED) is 0.803. The van der Waals surface area contributed by atoms with E-state index in [1.54, 1.807) is 0 Å². The number of aliphatic hydroxyl groups excluding tert-OH is 1. The van der Waals surface area contributed by atoms with Gasteiger partial charge in [-0.15, -0.1) is 0 Å². The van der Waals surface area contributed by atoms with E-state index >= 15 is 0 Å². The minimum Gasteiger partial charge on any atom is -0.395 e. The SMILES string of the molecule is N[C@@H](CCc1ccccc1)C(=O)N(CCO)C1CCCC1. The van der Waals surface area contributed by atoms with Crippen LogP contribution in [0.2, 0.25) is 0 Å². The van der Waals surface area contributed by atoms with E-state index in [0.717, 1.165) is 19.3 Å². The molecule has 21 heavy (non-hydrogen) atoms. The van der Waals surface area contributed by atoms with E-state index in [1.165, 1.54) is 18.4 Å². The molecule has 116 valence electrons. The molecule has 0 bridgehead atoms. The number of aliphatic hydroxyl groups is 1. The van der Waals surface area contributed by atoms with E-state index in [9.17, 15) is 9.90 Å². The first-order valence-corrected chi connectivity index (χ1v) is 7.93. The summed E-state index contributed by atoms with van der Waals surface area (Å²) in [7, 11) is 0. The van der Waals surface area contributed by atoms with E-state index in [2.05, 4.69) is 12.1 Å². The molecule has 2 rings (SSSR count). The highest BCUT2D eigenvalue weighted by Gasteiger charge is 2.29. The summed E-state index contributed by atoms with van der Waals surface area (Å²) in [5, 5.41) is 9.20. The van der Waals surface area contributed by atoms with Crippen LogP contribution < -0.4 is 5.73 Å². The van der Waals surface area contributed by atoms with Gasteiger partial charge in [-0.3, -0.25) is 4.79 Å². The Labute approximate surface area is 126 Å². The second kappa shape index (κ2) is 8.15. The van der Waals surface area contributed by atoms with E-state index in [4.69, 9.17) is 5.73 Å². The Bertz CT molecular complexity index is 430. The van der Waals surface area contributed by atoms with Gasteiger partial charge in [-0.05, 0) is 31.2 Å². The largest absolute Gasteiger partial charge is 0.395 e. The van der Waals surface area contributed by atoms with Gasteiger partial charge in [-0.25, -0.2) is 0 Å². The normalized spacial score (nSPS) is 16.9. The molecule has 1 atom stereocenters. The van der Waals surface area contributed by atoms with Crippen molar-refractivity contribution < 1.29 is 9.90 Å². The molecule has 4 heteroatoms. The maximum atomic E-state index is 12.5. The zero-order chi connectivity index (χ0) is 15.1. The summed E-state index contributed by atoms with van der Waals surface area (Å²) < 4.78 is 0. The molecular formula is C17H26N2O2. The van der Waals surface area contributed by atoms with Crippen LogP contribution in [0.3, 0.4) is 0 Å². The molecular weight excluding hydrogens is 264 g/mol. The fourth-order valence-electron chi connectivity index (χ4n) is 3.10. The fourth-order valence-corrected chi connectivity index (χ4v) is 3.10. The van der Waals surface area contributed by atoms with Crippen molar-refractivity contribution in [3.8, 4) is 0 Å². The highest BCUT2D eigenvalue weighted by molar-refractivity contribution is 5.82. The van der Waals surface area contributed by atoms with Gasteiger partial charge < -0.3 is 15.7 Å². The van der Waals surface area contributed by atoms with Crippen LogP contribution in [0, 0.1) is 0 Å². The molecule has 0 aliphatic heterocycles. The first kappa shape index (κ1) is 16.0. The molecule has 0 saturated heterocycles. The number of carbonyl (C=O) groups excluding carboxylic acids is 1. The zero-order valence-corrected chi connectivity index (χ0v) is 12.6. The Balaban J connectivity index is 1.89. The number of nitrogens with zero attached hydrogens (tertiary/aromatic N) is 1. The van der Waals surface area contributed by atoms with Gasteiger partial charge in [0.25, 0.3) is 0 Å². The van der Waals surface area contributed by atoms with E-state index in [0.29, 0.717) is 13.0 Å². The number of hydrogen-bond acceptors (Lipinski definition) is 3. The molecule has 1 aliphatic carbocycles. The van der Waals surface area contributed by atoms with Gasteiger partial charge in [-0.1, -0.05) is 43.2 Å². The maximum absolute atomic E-state index is 12.5. The van der Waals surface area contributed by atoms with E-state index in [1.807, 2.05) is 23.1 Å². The number of rotatable bonds is 7. The lowest BCUT2D eigenvalue weighted by atomic mass is 10.0. The van der Waals surface area contributed by atoms with Crippen molar-refractivity contribution in [2.45, 2.75) is 50.6 Å². The summed E-state index contributed by atoms with van der Waals surface area (Å²) in [5.41, 5.74) is 7.30. The third-order valence-electron chi connectivity index (χ3n) is 4.29. The van der Waals surface area contributed by atoms with E-state index < -0.39 is 6.04 Å². The molecule has 0 spiro atoms. The molecule has 0 aromatic heterocycles. The van der Waals surface area contributed by atoms with Crippen molar-refractivity contribution >= 4 is 5.91 Å². The Morgan fingerprint density at radius 2 is 1.95 bits per heavy atom. The number of benzene rings is 1. The number of amides is 1. The molecule has 1 aromatic carbocycles. The molecule has 1 saturated carbocycles. The van der Waals surface area contributed by atoms with Crippen LogP contribution in [0.1, 0.15) is 37.7 Å². The van der Waals surface area contributed by atoms with Crippen molar-refractivity contribution in [3.05, 3.63) is 35.9 Å². The third kappa shape index (κ3) is 4.55. The van der Waals surface area contributed by atoms with Crippen molar-refractivity contribution in [1.82, 2.24) is 4.90 Å². The fraction of sp³-hybridized carbons (Fsp3) is 0.588. The van der Waals surface area contributed by atoms with Gasteiger partial charge in [0.2, 0.25) is 5.91 Å². The van der Waals surface area contributed by atoms with Gasteiger partial charge in [0.1, 0.15) is 0 Å². The van der Waals surface area contributed by atoms with Gasteiger partial charge >= 0.3 is 0 Å². The van der Waals surface area contributed by atoms with Crippen LogP contribution in [0.15, 0.2) is 30.3 Å². The zero-order valence-electron chi connectivity index (χ0n) is 12.6. The summed E-state index contributed by atoms with van der Waals surface area (Å²) >= 11 is 0. The van der Waals surface area contributed by atoms with Crippen LogP contribution in [-0.4, -0.2) is 41.1 Å². The third-order valence-corrected chi connectivity index (χ3v) is 4.29. The monoisotopic (exact) mass is 290 g/mol. The van der Waals surface area contributed by atoms with Crippen LogP contribution in [-0.2, 0) is 11.2 Å². The molecule has 1 aromatic rings. The van der Waals surface area contributed by atoms with Crippen LogP contribution >= 0.6 is 0 Å².